The number of fused-ring (bicyclic) bond motifs is 1. The summed E-state index contributed by atoms with van der Waals surface area (Å²) in [5.74, 6) is 1.27. The number of anilines is 4. The number of aromatic amines is 1. The Morgan fingerprint density at radius 3 is 2.73 bits per heavy atom. The van der Waals surface area contributed by atoms with Gasteiger partial charge in [0.05, 0.1) is 18.6 Å². The molecule has 0 saturated carbocycles. The summed E-state index contributed by atoms with van der Waals surface area (Å²) in [6.07, 6.45) is 6.51. The topological polar surface area (TPSA) is 104 Å². The third-order valence-electron chi connectivity index (χ3n) is 5.51. The molecule has 0 bridgehead atoms. The number of rotatable bonds is 8. The van der Waals surface area contributed by atoms with Crippen LogP contribution in [0, 0.1) is 0 Å². The highest BCUT2D eigenvalue weighted by molar-refractivity contribution is 7.98. The maximum absolute atomic E-state index is 5.44. The van der Waals surface area contributed by atoms with Gasteiger partial charge in [0.15, 0.2) is 5.65 Å². The highest BCUT2D eigenvalue weighted by Gasteiger charge is 2.15. The molecule has 3 aromatic heterocycles. The molecule has 33 heavy (non-hydrogen) atoms. The van der Waals surface area contributed by atoms with E-state index in [1.165, 1.54) is 11.3 Å². The summed E-state index contributed by atoms with van der Waals surface area (Å²) in [4.78, 5) is 15.9. The first-order chi connectivity index (χ1) is 16.3. The second kappa shape index (κ2) is 10.1. The lowest BCUT2D eigenvalue weighted by molar-refractivity contribution is 0.122. The lowest BCUT2D eigenvalue weighted by Gasteiger charge is -2.28. The Morgan fingerprint density at radius 1 is 1.12 bits per heavy atom. The van der Waals surface area contributed by atoms with E-state index in [0.717, 1.165) is 61.2 Å². The van der Waals surface area contributed by atoms with E-state index in [1.54, 1.807) is 18.0 Å². The minimum absolute atomic E-state index is 0.516. The van der Waals surface area contributed by atoms with Gasteiger partial charge in [-0.3, -0.25) is 10.1 Å². The van der Waals surface area contributed by atoms with Crippen molar-refractivity contribution in [1.82, 2.24) is 25.1 Å². The number of nitrogens with zero attached hydrogens (tertiary/aromatic N) is 5. The van der Waals surface area contributed by atoms with Crippen LogP contribution in [0.3, 0.4) is 0 Å². The molecule has 0 radical (unpaired) electrons. The maximum atomic E-state index is 5.44. The van der Waals surface area contributed by atoms with E-state index in [9.17, 15) is 0 Å². The highest BCUT2D eigenvalue weighted by atomic mass is 32.2. The van der Waals surface area contributed by atoms with Crippen molar-refractivity contribution in [2.45, 2.75) is 11.4 Å². The number of morpholine rings is 1. The zero-order valence-electron chi connectivity index (χ0n) is 18.4. The zero-order chi connectivity index (χ0) is 22.5. The lowest BCUT2D eigenvalue weighted by atomic mass is 10.2. The van der Waals surface area contributed by atoms with Crippen LogP contribution in [-0.4, -0.2) is 64.3 Å². The Bertz CT molecular complexity index is 1190. The quantitative estimate of drug-likeness (QED) is 0.338. The van der Waals surface area contributed by atoms with Gasteiger partial charge in [0.2, 0.25) is 5.95 Å². The van der Waals surface area contributed by atoms with Gasteiger partial charge in [-0.15, -0.1) is 11.8 Å². The van der Waals surface area contributed by atoms with Crippen LogP contribution < -0.4 is 15.5 Å². The first kappa shape index (κ1) is 21.5. The van der Waals surface area contributed by atoms with Gasteiger partial charge in [-0.05, 0) is 48.6 Å². The molecule has 0 aliphatic carbocycles. The molecule has 4 aromatic rings. The largest absolute Gasteiger partial charge is 0.378 e. The number of hydrogen-bond donors (Lipinski definition) is 3. The molecule has 1 saturated heterocycles. The normalized spacial score (nSPS) is 13.9. The molecule has 10 heteroatoms. The Labute approximate surface area is 196 Å². The number of thioether (sulfide) groups is 1. The van der Waals surface area contributed by atoms with E-state index in [4.69, 9.17) is 9.72 Å². The van der Waals surface area contributed by atoms with Gasteiger partial charge < -0.3 is 20.3 Å². The number of H-pyrrole nitrogens is 1. The summed E-state index contributed by atoms with van der Waals surface area (Å²) in [5.41, 5.74) is 3.99. The second-order valence-electron chi connectivity index (χ2n) is 7.66. The SMILES string of the molecule is CSc1n[nH]c2nc(Nc3ccc(N4CCOCC4)cc3)nc(NCCc3cccnc3)c12. The first-order valence-corrected chi connectivity index (χ1v) is 12.2. The lowest BCUT2D eigenvalue weighted by Crippen LogP contribution is -2.36. The third kappa shape index (κ3) is 5.01. The average molecular weight is 463 g/mol. The van der Waals surface area contributed by atoms with Crippen LogP contribution in [0.15, 0.2) is 53.8 Å². The van der Waals surface area contributed by atoms with Gasteiger partial charge in [-0.1, -0.05) is 6.07 Å². The average Bonchev–Trinajstić information content (AvgIpc) is 3.29. The van der Waals surface area contributed by atoms with Gasteiger partial charge in [-0.2, -0.15) is 15.1 Å². The summed E-state index contributed by atoms with van der Waals surface area (Å²) >= 11 is 1.57. The van der Waals surface area contributed by atoms with Crippen LogP contribution in [0.1, 0.15) is 5.56 Å². The fraction of sp³-hybridized carbons (Fsp3) is 0.304. The van der Waals surface area contributed by atoms with E-state index in [2.05, 4.69) is 53.9 Å². The Balaban J connectivity index is 1.34. The van der Waals surface area contributed by atoms with Crippen molar-refractivity contribution in [2.75, 3.05) is 54.6 Å². The van der Waals surface area contributed by atoms with Crippen LogP contribution in [-0.2, 0) is 11.2 Å². The number of benzene rings is 1. The number of hydrogen-bond acceptors (Lipinski definition) is 9. The summed E-state index contributed by atoms with van der Waals surface area (Å²) in [7, 11) is 0. The summed E-state index contributed by atoms with van der Waals surface area (Å²) in [6.45, 7) is 4.10. The molecule has 170 valence electrons. The molecule has 1 aromatic carbocycles. The van der Waals surface area contributed by atoms with E-state index in [1.807, 2.05) is 30.7 Å². The number of ether oxygens (including phenoxy) is 1. The number of aromatic nitrogens is 5. The molecule has 3 N–H and O–H groups in total. The van der Waals surface area contributed by atoms with Crippen LogP contribution in [0.2, 0.25) is 0 Å². The van der Waals surface area contributed by atoms with Crippen molar-refractivity contribution in [1.29, 1.82) is 0 Å². The predicted molar refractivity (Wildman–Crippen MR) is 133 cm³/mol. The standard InChI is InChI=1S/C23H26N8OS/c1-33-22-19-20(25-10-8-16-3-2-9-24-15-16)27-23(28-21(19)29-30-22)26-17-4-6-18(7-5-17)31-11-13-32-14-12-31/h2-7,9,15H,8,10-14H2,1H3,(H3,25,26,27,28,29,30). The smallest absolute Gasteiger partial charge is 0.231 e. The Morgan fingerprint density at radius 2 is 1.97 bits per heavy atom. The molecule has 1 fully saturated rings. The van der Waals surface area contributed by atoms with Gasteiger partial charge >= 0.3 is 0 Å². The molecule has 5 rings (SSSR count). The van der Waals surface area contributed by atoms with Crippen molar-refractivity contribution < 1.29 is 4.74 Å². The van der Waals surface area contributed by atoms with Crippen LogP contribution in [0.5, 0.6) is 0 Å². The first-order valence-electron chi connectivity index (χ1n) is 10.9. The highest BCUT2D eigenvalue weighted by Crippen LogP contribution is 2.30. The van der Waals surface area contributed by atoms with Gasteiger partial charge in [-0.25, -0.2) is 0 Å². The molecule has 0 unspecified atom stereocenters. The van der Waals surface area contributed by atoms with Gasteiger partial charge in [0.25, 0.3) is 0 Å². The summed E-state index contributed by atoms with van der Waals surface area (Å²) < 4.78 is 5.44. The molecule has 9 nitrogen and oxygen atoms in total. The number of pyridine rings is 1. The van der Waals surface area contributed by atoms with Crippen molar-refractivity contribution in [3.63, 3.8) is 0 Å². The fourth-order valence-electron chi connectivity index (χ4n) is 3.81. The van der Waals surface area contributed by atoms with Crippen LogP contribution in [0.4, 0.5) is 23.1 Å². The Kier molecular flexibility index (Phi) is 6.54. The minimum Gasteiger partial charge on any atom is -0.378 e. The molecule has 1 aliphatic rings. The summed E-state index contributed by atoms with van der Waals surface area (Å²) in [6, 6.07) is 12.3. The van der Waals surface area contributed by atoms with Crippen molar-refractivity contribution in [3.05, 3.63) is 54.4 Å². The predicted octanol–water partition coefficient (Wildman–Crippen LogP) is 3.70. The van der Waals surface area contributed by atoms with E-state index in [-0.39, 0.29) is 0 Å². The van der Waals surface area contributed by atoms with E-state index >= 15 is 0 Å². The minimum atomic E-state index is 0.516. The summed E-state index contributed by atoms with van der Waals surface area (Å²) in [5, 5.41) is 16.0. The van der Waals surface area contributed by atoms with Gasteiger partial charge in [0, 0.05) is 43.4 Å². The van der Waals surface area contributed by atoms with E-state index in [0.29, 0.717) is 11.6 Å². The van der Waals surface area contributed by atoms with Crippen molar-refractivity contribution in [3.8, 4) is 0 Å². The number of nitrogens with one attached hydrogen (secondary N) is 3. The van der Waals surface area contributed by atoms with Crippen molar-refractivity contribution in [2.24, 2.45) is 0 Å². The van der Waals surface area contributed by atoms with E-state index < -0.39 is 0 Å². The molecular formula is C23H26N8OS. The molecule has 4 heterocycles. The Hall–Kier alpha value is -3.37. The van der Waals surface area contributed by atoms with Crippen LogP contribution >= 0.6 is 11.8 Å². The van der Waals surface area contributed by atoms with Gasteiger partial charge in [0.1, 0.15) is 10.8 Å². The van der Waals surface area contributed by atoms with Crippen molar-refractivity contribution >= 4 is 45.9 Å². The molecule has 0 spiro atoms. The zero-order valence-corrected chi connectivity index (χ0v) is 19.2. The molecule has 0 atom stereocenters. The fourth-order valence-corrected chi connectivity index (χ4v) is 4.35. The molecule has 1 aliphatic heterocycles. The molecular weight excluding hydrogens is 436 g/mol. The maximum Gasteiger partial charge on any atom is 0.231 e. The van der Waals surface area contributed by atoms with Crippen LogP contribution in [0.25, 0.3) is 11.0 Å². The third-order valence-corrected chi connectivity index (χ3v) is 6.19. The molecule has 0 amide bonds. The monoisotopic (exact) mass is 462 g/mol. The second-order valence-corrected chi connectivity index (χ2v) is 8.46.